The molecule has 1 heterocycles. The van der Waals surface area contributed by atoms with Crippen molar-refractivity contribution in [2.45, 2.75) is 6.61 Å². The highest BCUT2D eigenvalue weighted by Crippen LogP contribution is 2.21. The Morgan fingerprint density at radius 3 is 2.82 bits per heavy atom. The Morgan fingerprint density at radius 1 is 1.29 bits per heavy atom. The molecule has 0 saturated carbocycles. The summed E-state index contributed by atoms with van der Waals surface area (Å²) in [6.07, 6.45) is 0. The van der Waals surface area contributed by atoms with E-state index < -0.39 is 5.82 Å². The third-order valence-corrected chi connectivity index (χ3v) is 2.40. The Morgan fingerprint density at radius 2 is 2.12 bits per heavy atom. The molecule has 0 aliphatic rings. The molecule has 0 saturated heterocycles. The lowest BCUT2D eigenvalue weighted by atomic mass is 10.3. The molecule has 5 heteroatoms. The van der Waals surface area contributed by atoms with Gasteiger partial charge in [0.15, 0.2) is 0 Å². The van der Waals surface area contributed by atoms with Gasteiger partial charge in [-0.15, -0.1) is 0 Å². The maximum atomic E-state index is 12.9. The summed E-state index contributed by atoms with van der Waals surface area (Å²) in [5.74, 6) is 0.449. The number of anilines is 1. The molecule has 88 valence electrons. The normalized spacial score (nSPS) is 10.2. The number of aromatic nitrogens is 1. The highest BCUT2D eigenvalue weighted by atomic mass is 35.5. The first-order valence-corrected chi connectivity index (χ1v) is 5.32. The Bertz CT molecular complexity index is 534. The maximum absolute atomic E-state index is 12.9. The number of nitrogen functional groups attached to an aromatic ring is 1. The van der Waals surface area contributed by atoms with Crippen LogP contribution in [0, 0.1) is 5.82 Å². The third-order valence-electron chi connectivity index (χ3n) is 2.11. The highest BCUT2D eigenvalue weighted by Gasteiger charge is 2.02. The van der Waals surface area contributed by atoms with Crippen LogP contribution in [0.4, 0.5) is 10.2 Å². The smallest absolute Gasteiger partial charge is 0.142 e. The van der Waals surface area contributed by atoms with Crippen LogP contribution in [0.1, 0.15) is 5.69 Å². The summed E-state index contributed by atoms with van der Waals surface area (Å²) < 4.78 is 18.3. The van der Waals surface area contributed by atoms with Gasteiger partial charge in [-0.05, 0) is 24.3 Å². The summed E-state index contributed by atoms with van der Waals surface area (Å²) in [5.41, 5.74) is 6.23. The van der Waals surface area contributed by atoms with Crippen LogP contribution in [0.25, 0.3) is 0 Å². The first-order valence-electron chi connectivity index (χ1n) is 4.94. The van der Waals surface area contributed by atoms with Crippen molar-refractivity contribution in [1.29, 1.82) is 0 Å². The topological polar surface area (TPSA) is 48.1 Å². The molecule has 1 aromatic carbocycles. The van der Waals surface area contributed by atoms with Crippen molar-refractivity contribution in [1.82, 2.24) is 4.98 Å². The van der Waals surface area contributed by atoms with E-state index in [0.717, 1.165) is 0 Å². The fourth-order valence-electron chi connectivity index (χ4n) is 1.30. The molecular weight excluding hydrogens is 243 g/mol. The Labute approximate surface area is 103 Å². The lowest BCUT2D eigenvalue weighted by molar-refractivity contribution is 0.301. The number of halogens is 2. The zero-order valence-corrected chi connectivity index (χ0v) is 9.62. The summed E-state index contributed by atoms with van der Waals surface area (Å²) >= 11 is 5.63. The molecule has 0 atom stereocenters. The summed E-state index contributed by atoms with van der Waals surface area (Å²) in [6, 6.07) is 9.46. The van der Waals surface area contributed by atoms with E-state index in [2.05, 4.69) is 4.98 Å². The number of hydrogen-bond acceptors (Lipinski definition) is 3. The number of hydrogen-bond donors (Lipinski definition) is 1. The van der Waals surface area contributed by atoms with Crippen LogP contribution in [0.5, 0.6) is 5.75 Å². The van der Waals surface area contributed by atoms with Crippen LogP contribution < -0.4 is 10.5 Å². The van der Waals surface area contributed by atoms with Crippen molar-refractivity contribution in [2.75, 3.05) is 5.73 Å². The first-order chi connectivity index (χ1) is 8.15. The number of pyridine rings is 1. The molecule has 0 spiro atoms. The largest absolute Gasteiger partial charge is 0.487 e. The van der Waals surface area contributed by atoms with Crippen molar-refractivity contribution in [3.63, 3.8) is 0 Å². The second-order valence-electron chi connectivity index (χ2n) is 3.42. The van der Waals surface area contributed by atoms with E-state index in [-0.39, 0.29) is 11.6 Å². The number of rotatable bonds is 3. The fraction of sp³-hybridized carbons (Fsp3) is 0.0833. The van der Waals surface area contributed by atoms with Crippen molar-refractivity contribution < 1.29 is 9.13 Å². The van der Waals surface area contributed by atoms with Gasteiger partial charge in [-0.25, -0.2) is 9.37 Å². The molecular formula is C12H10ClFN2O. The van der Waals surface area contributed by atoms with Crippen LogP contribution in [0.15, 0.2) is 36.4 Å². The van der Waals surface area contributed by atoms with Gasteiger partial charge in [-0.1, -0.05) is 17.7 Å². The zero-order valence-electron chi connectivity index (χ0n) is 8.86. The summed E-state index contributed by atoms with van der Waals surface area (Å²) in [7, 11) is 0. The van der Waals surface area contributed by atoms with Gasteiger partial charge in [0.1, 0.15) is 24.0 Å². The Balaban J connectivity index is 2.05. The van der Waals surface area contributed by atoms with Gasteiger partial charge in [0.2, 0.25) is 0 Å². The fourth-order valence-corrected chi connectivity index (χ4v) is 1.47. The zero-order chi connectivity index (χ0) is 12.3. The molecule has 0 bridgehead atoms. The van der Waals surface area contributed by atoms with Gasteiger partial charge in [0.25, 0.3) is 0 Å². The number of nitrogens with zero attached hydrogens (tertiary/aromatic N) is 1. The molecule has 2 aromatic rings. The van der Waals surface area contributed by atoms with Crippen LogP contribution >= 0.6 is 11.6 Å². The summed E-state index contributed by atoms with van der Waals surface area (Å²) in [4.78, 5) is 4.07. The first kappa shape index (κ1) is 11.7. The molecule has 2 N–H and O–H groups in total. The van der Waals surface area contributed by atoms with Crippen LogP contribution in [0.3, 0.4) is 0 Å². The lowest BCUT2D eigenvalue weighted by Crippen LogP contribution is -2.00. The average Bonchev–Trinajstić information content (AvgIpc) is 2.31. The van der Waals surface area contributed by atoms with Crippen molar-refractivity contribution in [2.24, 2.45) is 0 Å². The van der Waals surface area contributed by atoms with Gasteiger partial charge in [0, 0.05) is 6.07 Å². The van der Waals surface area contributed by atoms with E-state index in [0.29, 0.717) is 17.3 Å². The standard InChI is InChI=1S/C12H10ClFN2O/c13-10-6-9(4-5-11(10)14)17-7-8-2-1-3-12(15)16-8/h1-6H,7H2,(H2,15,16). The van der Waals surface area contributed by atoms with Crippen LogP contribution in [0.2, 0.25) is 5.02 Å². The van der Waals surface area contributed by atoms with E-state index in [1.807, 2.05) is 0 Å². The van der Waals surface area contributed by atoms with Gasteiger partial charge in [0.05, 0.1) is 10.7 Å². The van der Waals surface area contributed by atoms with Gasteiger partial charge >= 0.3 is 0 Å². The molecule has 0 unspecified atom stereocenters. The van der Waals surface area contributed by atoms with Gasteiger partial charge in [-0.3, -0.25) is 0 Å². The minimum Gasteiger partial charge on any atom is -0.487 e. The average molecular weight is 253 g/mol. The van der Waals surface area contributed by atoms with Crippen LogP contribution in [-0.4, -0.2) is 4.98 Å². The molecule has 2 rings (SSSR count). The maximum Gasteiger partial charge on any atom is 0.142 e. The van der Waals surface area contributed by atoms with Gasteiger partial charge < -0.3 is 10.5 Å². The van der Waals surface area contributed by atoms with E-state index >= 15 is 0 Å². The second kappa shape index (κ2) is 5.01. The molecule has 3 nitrogen and oxygen atoms in total. The minimum absolute atomic E-state index is 0.0306. The van der Waals surface area contributed by atoms with E-state index in [9.17, 15) is 4.39 Å². The lowest BCUT2D eigenvalue weighted by Gasteiger charge is -2.06. The highest BCUT2D eigenvalue weighted by molar-refractivity contribution is 6.30. The monoisotopic (exact) mass is 252 g/mol. The van der Waals surface area contributed by atoms with Crippen molar-refractivity contribution in [3.8, 4) is 5.75 Å². The van der Waals surface area contributed by atoms with Crippen molar-refractivity contribution >= 4 is 17.4 Å². The molecule has 0 amide bonds. The molecule has 0 aliphatic heterocycles. The summed E-state index contributed by atoms with van der Waals surface area (Å²) in [5, 5.41) is 0.0306. The van der Waals surface area contributed by atoms with E-state index in [1.54, 1.807) is 18.2 Å². The minimum atomic E-state index is -0.471. The third kappa shape index (κ3) is 3.07. The quantitative estimate of drug-likeness (QED) is 0.913. The molecule has 0 radical (unpaired) electrons. The number of nitrogens with two attached hydrogens (primary N) is 1. The molecule has 0 fully saturated rings. The van der Waals surface area contributed by atoms with Gasteiger partial charge in [-0.2, -0.15) is 0 Å². The van der Waals surface area contributed by atoms with Crippen molar-refractivity contribution in [3.05, 3.63) is 52.9 Å². The molecule has 17 heavy (non-hydrogen) atoms. The Hall–Kier alpha value is -1.81. The predicted molar refractivity (Wildman–Crippen MR) is 64.4 cm³/mol. The number of ether oxygens (including phenoxy) is 1. The summed E-state index contributed by atoms with van der Waals surface area (Å²) in [6.45, 7) is 0.257. The van der Waals surface area contributed by atoms with E-state index in [4.69, 9.17) is 22.1 Å². The predicted octanol–water partition coefficient (Wildman–Crippen LogP) is 3.04. The molecule has 1 aromatic heterocycles. The second-order valence-corrected chi connectivity index (χ2v) is 3.83. The Kier molecular flexibility index (Phi) is 3.44. The molecule has 0 aliphatic carbocycles. The SMILES string of the molecule is Nc1cccc(COc2ccc(F)c(Cl)c2)n1. The number of benzene rings is 1. The van der Waals surface area contributed by atoms with Crippen LogP contribution in [-0.2, 0) is 6.61 Å². The van der Waals surface area contributed by atoms with E-state index in [1.165, 1.54) is 18.2 Å².